The van der Waals surface area contributed by atoms with Crippen molar-refractivity contribution < 1.29 is 8.42 Å². The predicted octanol–water partition coefficient (Wildman–Crippen LogP) is 2.15. The molecule has 0 bridgehead atoms. The van der Waals surface area contributed by atoms with Crippen LogP contribution >= 0.6 is 11.6 Å². The second-order valence-electron chi connectivity index (χ2n) is 3.62. The standard InChI is InChI=1S/C10H15ClN2O2S/c1-4-13(8(2)3)16(14,15)9-5-6-12-10(11)7-9/h5-8H,4H2,1-3H3. The molecule has 90 valence electrons. The van der Waals surface area contributed by atoms with E-state index in [1.54, 1.807) is 6.92 Å². The number of sulfonamides is 1. The Morgan fingerprint density at radius 2 is 2.12 bits per heavy atom. The summed E-state index contributed by atoms with van der Waals surface area (Å²) in [5.74, 6) is 0. The summed E-state index contributed by atoms with van der Waals surface area (Å²) in [6.07, 6.45) is 1.39. The first-order chi connectivity index (χ1) is 7.39. The molecule has 0 aliphatic heterocycles. The van der Waals surface area contributed by atoms with Gasteiger partial charge in [-0.1, -0.05) is 18.5 Å². The van der Waals surface area contributed by atoms with Gasteiger partial charge in [0.05, 0.1) is 4.90 Å². The molecule has 0 saturated carbocycles. The monoisotopic (exact) mass is 262 g/mol. The van der Waals surface area contributed by atoms with Crippen molar-refractivity contribution in [1.29, 1.82) is 0 Å². The molecule has 1 heterocycles. The molecule has 0 atom stereocenters. The molecular formula is C10H15ClN2O2S. The average Bonchev–Trinajstić information content (AvgIpc) is 2.17. The molecule has 0 aromatic carbocycles. The van der Waals surface area contributed by atoms with Crippen molar-refractivity contribution in [2.45, 2.75) is 31.7 Å². The molecule has 1 rings (SSSR count). The minimum Gasteiger partial charge on any atom is -0.244 e. The summed E-state index contributed by atoms with van der Waals surface area (Å²) in [7, 11) is -3.46. The van der Waals surface area contributed by atoms with Gasteiger partial charge in [0.25, 0.3) is 0 Å². The van der Waals surface area contributed by atoms with Crippen LogP contribution in [-0.2, 0) is 10.0 Å². The van der Waals surface area contributed by atoms with Crippen LogP contribution in [0, 0.1) is 0 Å². The van der Waals surface area contributed by atoms with E-state index in [4.69, 9.17) is 11.6 Å². The van der Waals surface area contributed by atoms with Gasteiger partial charge in [-0.2, -0.15) is 4.31 Å². The Morgan fingerprint density at radius 3 is 2.56 bits per heavy atom. The fourth-order valence-electron chi connectivity index (χ4n) is 1.49. The van der Waals surface area contributed by atoms with Gasteiger partial charge in [-0.25, -0.2) is 13.4 Å². The molecule has 0 spiro atoms. The van der Waals surface area contributed by atoms with Crippen LogP contribution in [-0.4, -0.2) is 30.3 Å². The molecule has 4 nitrogen and oxygen atoms in total. The van der Waals surface area contributed by atoms with Crippen molar-refractivity contribution in [1.82, 2.24) is 9.29 Å². The van der Waals surface area contributed by atoms with Crippen molar-refractivity contribution in [2.75, 3.05) is 6.54 Å². The highest BCUT2D eigenvalue weighted by Crippen LogP contribution is 2.19. The molecule has 0 N–H and O–H groups in total. The lowest BCUT2D eigenvalue weighted by atomic mass is 10.4. The maximum atomic E-state index is 12.2. The van der Waals surface area contributed by atoms with E-state index < -0.39 is 10.0 Å². The summed E-state index contributed by atoms with van der Waals surface area (Å²) in [6, 6.07) is 2.73. The van der Waals surface area contributed by atoms with Gasteiger partial charge >= 0.3 is 0 Å². The Bertz CT molecular complexity index is 460. The molecule has 1 aromatic heterocycles. The highest BCUT2D eigenvalue weighted by atomic mass is 35.5. The third-order valence-corrected chi connectivity index (χ3v) is 4.55. The van der Waals surface area contributed by atoms with E-state index in [1.807, 2.05) is 13.8 Å². The van der Waals surface area contributed by atoms with Crippen molar-refractivity contribution in [3.05, 3.63) is 23.5 Å². The van der Waals surface area contributed by atoms with E-state index in [2.05, 4.69) is 4.98 Å². The Balaban J connectivity index is 3.20. The first-order valence-corrected chi connectivity index (χ1v) is 6.84. The molecule has 0 unspecified atom stereocenters. The summed E-state index contributed by atoms with van der Waals surface area (Å²) >= 11 is 5.68. The van der Waals surface area contributed by atoms with Crippen LogP contribution in [0.2, 0.25) is 5.15 Å². The minimum absolute atomic E-state index is 0.0815. The number of hydrogen-bond acceptors (Lipinski definition) is 3. The lowest BCUT2D eigenvalue weighted by molar-refractivity contribution is 0.369. The smallest absolute Gasteiger partial charge is 0.243 e. The largest absolute Gasteiger partial charge is 0.244 e. The van der Waals surface area contributed by atoms with Gasteiger partial charge in [-0.15, -0.1) is 0 Å². The molecule has 1 aromatic rings. The lowest BCUT2D eigenvalue weighted by Gasteiger charge is -2.24. The summed E-state index contributed by atoms with van der Waals surface area (Å²) in [6.45, 7) is 5.91. The first kappa shape index (κ1) is 13.4. The Kier molecular flexibility index (Phi) is 4.29. The first-order valence-electron chi connectivity index (χ1n) is 5.03. The van der Waals surface area contributed by atoms with Crippen LogP contribution < -0.4 is 0 Å². The van der Waals surface area contributed by atoms with Crippen molar-refractivity contribution >= 4 is 21.6 Å². The normalized spacial score (nSPS) is 12.4. The molecule has 0 radical (unpaired) electrons. The number of hydrogen-bond donors (Lipinski definition) is 0. The quantitative estimate of drug-likeness (QED) is 0.782. The van der Waals surface area contributed by atoms with Gasteiger partial charge in [-0.3, -0.25) is 0 Å². The number of halogens is 1. The number of nitrogens with zero attached hydrogens (tertiary/aromatic N) is 2. The summed E-state index contributed by atoms with van der Waals surface area (Å²) in [5, 5.41) is 0.181. The van der Waals surface area contributed by atoms with Gasteiger partial charge in [0, 0.05) is 18.8 Å². The fourth-order valence-corrected chi connectivity index (χ4v) is 3.39. The van der Waals surface area contributed by atoms with Gasteiger partial charge < -0.3 is 0 Å². The highest BCUT2D eigenvalue weighted by molar-refractivity contribution is 7.89. The molecule has 6 heteroatoms. The van der Waals surface area contributed by atoms with Gasteiger partial charge in [0.15, 0.2) is 0 Å². The SMILES string of the molecule is CCN(C(C)C)S(=O)(=O)c1ccnc(Cl)c1. The molecule has 0 aliphatic carbocycles. The minimum atomic E-state index is -3.46. The number of pyridine rings is 1. The van der Waals surface area contributed by atoms with Crippen LogP contribution in [0.5, 0.6) is 0 Å². The van der Waals surface area contributed by atoms with Crippen molar-refractivity contribution in [3.63, 3.8) is 0 Å². The van der Waals surface area contributed by atoms with Gasteiger partial charge in [-0.05, 0) is 26.0 Å². The highest BCUT2D eigenvalue weighted by Gasteiger charge is 2.25. The topological polar surface area (TPSA) is 50.3 Å². The third kappa shape index (κ3) is 2.72. The molecule has 0 saturated heterocycles. The molecular weight excluding hydrogens is 248 g/mol. The van der Waals surface area contributed by atoms with Crippen molar-refractivity contribution in [3.8, 4) is 0 Å². The van der Waals surface area contributed by atoms with Crippen LogP contribution in [0.25, 0.3) is 0 Å². The second kappa shape index (κ2) is 5.12. The zero-order chi connectivity index (χ0) is 12.3. The molecule has 0 aliphatic rings. The summed E-state index contributed by atoms with van der Waals surface area (Å²) < 4.78 is 25.8. The summed E-state index contributed by atoms with van der Waals surface area (Å²) in [4.78, 5) is 3.95. The number of aromatic nitrogens is 1. The van der Waals surface area contributed by atoms with Crippen LogP contribution in [0.15, 0.2) is 23.2 Å². The van der Waals surface area contributed by atoms with E-state index in [-0.39, 0.29) is 16.1 Å². The average molecular weight is 263 g/mol. The van der Waals surface area contributed by atoms with E-state index in [1.165, 1.54) is 22.6 Å². The van der Waals surface area contributed by atoms with E-state index >= 15 is 0 Å². The Hall–Kier alpha value is -0.650. The third-order valence-electron chi connectivity index (χ3n) is 2.19. The fraction of sp³-hybridized carbons (Fsp3) is 0.500. The van der Waals surface area contributed by atoms with E-state index in [0.29, 0.717) is 6.54 Å². The Labute approximate surface area is 101 Å². The molecule has 16 heavy (non-hydrogen) atoms. The van der Waals surface area contributed by atoms with Gasteiger partial charge in [0.2, 0.25) is 10.0 Å². The zero-order valence-corrected chi connectivity index (χ0v) is 11.1. The maximum absolute atomic E-state index is 12.2. The Morgan fingerprint density at radius 1 is 1.50 bits per heavy atom. The van der Waals surface area contributed by atoms with E-state index in [9.17, 15) is 8.42 Å². The van der Waals surface area contributed by atoms with Crippen LogP contribution in [0.3, 0.4) is 0 Å². The predicted molar refractivity (Wildman–Crippen MR) is 63.9 cm³/mol. The number of rotatable bonds is 4. The van der Waals surface area contributed by atoms with Crippen LogP contribution in [0.1, 0.15) is 20.8 Å². The lowest BCUT2D eigenvalue weighted by Crippen LogP contribution is -2.36. The van der Waals surface area contributed by atoms with E-state index in [0.717, 1.165) is 0 Å². The zero-order valence-electron chi connectivity index (χ0n) is 9.51. The van der Waals surface area contributed by atoms with Crippen molar-refractivity contribution in [2.24, 2.45) is 0 Å². The summed E-state index contributed by atoms with van der Waals surface area (Å²) in [5.41, 5.74) is 0. The van der Waals surface area contributed by atoms with Gasteiger partial charge in [0.1, 0.15) is 5.15 Å². The van der Waals surface area contributed by atoms with Crippen LogP contribution in [0.4, 0.5) is 0 Å². The second-order valence-corrected chi connectivity index (χ2v) is 5.89. The molecule has 0 fully saturated rings. The maximum Gasteiger partial charge on any atom is 0.243 e. The molecule has 0 amide bonds.